The van der Waals surface area contributed by atoms with E-state index in [0.717, 1.165) is 0 Å². The van der Waals surface area contributed by atoms with Crippen LogP contribution in [0.5, 0.6) is 11.5 Å². The van der Waals surface area contributed by atoms with Crippen molar-refractivity contribution in [2.24, 2.45) is 0 Å². The van der Waals surface area contributed by atoms with E-state index in [2.05, 4.69) is 0 Å². The van der Waals surface area contributed by atoms with Crippen molar-refractivity contribution in [2.45, 2.75) is 13.8 Å². The second kappa shape index (κ2) is 3.93. The third-order valence-electron chi connectivity index (χ3n) is 2.17. The van der Waals surface area contributed by atoms with E-state index in [0.29, 0.717) is 5.76 Å². The summed E-state index contributed by atoms with van der Waals surface area (Å²) in [4.78, 5) is 22.4. The van der Waals surface area contributed by atoms with Crippen LogP contribution in [0.3, 0.4) is 0 Å². The Bertz CT molecular complexity index is 654. The highest BCUT2D eigenvalue weighted by Crippen LogP contribution is 2.28. The highest BCUT2D eigenvalue weighted by Gasteiger charge is 2.11. The van der Waals surface area contributed by atoms with Crippen molar-refractivity contribution >= 4 is 16.9 Å². The topological polar surface area (TPSA) is 76.7 Å². The van der Waals surface area contributed by atoms with Gasteiger partial charge in [-0.15, -0.1) is 0 Å². The summed E-state index contributed by atoms with van der Waals surface area (Å²) in [5.41, 5.74) is -0.151. The van der Waals surface area contributed by atoms with Gasteiger partial charge in [-0.2, -0.15) is 0 Å². The minimum Gasteiger partial charge on any atom is -0.507 e. The van der Waals surface area contributed by atoms with Crippen molar-refractivity contribution in [1.82, 2.24) is 0 Å². The van der Waals surface area contributed by atoms with Crippen molar-refractivity contribution in [2.75, 3.05) is 0 Å². The lowest BCUT2D eigenvalue weighted by atomic mass is 10.2. The van der Waals surface area contributed by atoms with E-state index >= 15 is 0 Å². The molecule has 5 nitrogen and oxygen atoms in total. The van der Waals surface area contributed by atoms with E-state index in [1.807, 2.05) is 0 Å². The molecule has 1 N–H and O–H groups in total. The Kier molecular flexibility index (Phi) is 2.59. The van der Waals surface area contributed by atoms with Crippen LogP contribution in [0.4, 0.5) is 0 Å². The third-order valence-corrected chi connectivity index (χ3v) is 2.17. The molecule has 1 aromatic carbocycles. The monoisotopic (exact) mass is 234 g/mol. The molecule has 0 amide bonds. The van der Waals surface area contributed by atoms with Gasteiger partial charge in [-0.25, -0.2) is 0 Å². The molecule has 17 heavy (non-hydrogen) atoms. The molecule has 2 aromatic rings. The average molecular weight is 234 g/mol. The molecule has 0 aliphatic rings. The Balaban J connectivity index is 2.73. The van der Waals surface area contributed by atoms with Gasteiger partial charge in [0.2, 0.25) is 0 Å². The van der Waals surface area contributed by atoms with Gasteiger partial charge < -0.3 is 14.3 Å². The second-order valence-electron chi connectivity index (χ2n) is 3.63. The molecule has 0 radical (unpaired) electrons. The molecule has 0 saturated heterocycles. The van der Waals surface area contributed by atoms with Gasteiger partial charge in [-0.1, -0.05) is 0 Å². The van der Waals surface area contributed by atoms with Gasteiger partial charge in [0.15, 0.2) is 5.43 Å². The first-order valence-corrected chi connectivity index (χ1v) is 4.93. The van der Waals surface area contributed by atoms with E-state index < -0.39 is 5.97 Å². The third kappa shape index (κ3) is 2.13. The predicted molar refractivity (Wildman–Crippen MR) is 60.2 cm³/mol. The zero-order chi connectivity index (χ0) is 12.6. The first-order chi connectivity index (χ1) is 7.97. The summed E-state index contributed by atoms with van der Waals surface area (Å²) in [5.74, 6) is -0.232. The van der Waals surface area contributed by atoms with Crippen LogP contribution in [0.1, 0.15) is 12.7 Å². The molecule has 1 heterocycles. The van der Waals surface area contributed by atoms with Crippen molar-refractivity contribution in [3.8, 4) is 11.5 Å². The lowest BCUT2D eigenvalue weighted by Gasteiger charge is -2.05. The Hall–Kier alpha value is -2.30. The van der Waals surface area contributed by atoms with Gasteiger partial charge in [-0.05, 0) is 6.92 Å². The largest absolute Gasteiger partial charge is 0.507 e. The zero-order valence-electron chi connectivity index (χ0n) is 9.31. The van der Waals surface area contributed by atoms with E-state index in [-0.39, 0.29) is 27.9 Å². The number of phenolic OH excluding ortho intramolecular Hbond substituents is 1. The predicted octanol–water partition coefficient (Wildman–Crippen LogP) is 1.73. The number of ether oxygens (including phenoxy) is 1. The Morgan fingerprint density at radius 1 is 1.35 bits per heavy atom. The Morgan fingerprint density at radius 2 is 2.06 bits per heavy atom. The van der Waals surface area contributed by atoms with Gasteiger partial charge in [0.25, 0.3) is 0 Å². The molecule has 0 bridgehead atoms. The van der Waals surface area contributed by atoms with Crippen molar-refractivity contribution in [3.63, 3.8) is 0 Å². The number of esters is 1. The number of hydrogen-bond acceptors (Lipinski definition) is 5. The number of carbonyl (C=O) groups is 1. The van der Waals surface area contributed by atoms with Crippen LogP contribution in [0.15, 0.2) is 27.4 Å². The van der Waals surface area contributed by atoms with Gasteiger partial charge in [-0.3, -0.25) is 9.59 Å². The molecular formula is C12H10O5. The fourth-order valence-electron chi connectivity index (χ4n) is 1.59. The number of aryl methyl sites for hydroxylation is 1. The number of phenols is 1. The summed E-state index contributed by atoms with van der Waals surface area (Å²) in [5, 5.41) is 9.76. The summed E-state index contributed by atoms with van der Waals surface area (Å²) >= 11 is 0. The van der Waals surface area contributed by atoms with Crippen LogP contribution in [0, 0.1) is 6.92 Å². The van der Waals surface area contributed by atoms with Gasteiger partial charge >= 0.3 is 5.97 Å². The molecule has 0 unspecified atom stereocenters. The smallest absolute Gasteiger partial charge is 0.308 e. The maximum absolute atomic E-state index is 11.6. The minimum atomic E-state index is -0.515. The molecule has 0 aliphatic carbocycles. The van der Waals surface area contributed by atoms with Crippen molar-refractivity contribution < 1.29 is 19.1 Å². The molecule has 0 spiro atoms. The van der Waals surface area contributed by atoms with E-state index in [1.54, 1.807) is 6.92 Å². The van der Waals surface area contributed by atoms with Crippen LogP contribution in [0.2, 0.25) is 0 Å². The fraction of sp³-hybridized carbons (Fsp3) is 0.167. The number of fused-ring (bicyclic) bond motifs is 1. The highest BCUT2D eigenvalue weighted by atomic mass is 16.5. The van der Waals surface area contributed by atoms with Gasteiger partial charge in [0.1, 0.15) is 28.2 Å². The standard InChI is InChI=1S/C12H10O5/c1-6-3-9(14)12-10(15)4-8(17-7(2)13)5-11(12)16-6/h3-5,15H,1-2H3. The first-order valence-electron chi connectivity index (χ1n) is 4.93. The molecule has 0 saturated carbocycles. The maximum atomic E-state index is 11.6. The van der Waals surface area contributed by atoms with Crippen LogP contribution >= 0.6 is 0 Å². The van der Waals surface area contributed by atoms with Gasteiger partial charge in [0.05, 0.1) is 0 Å². The van der Waals surface area contributed by atoms with E-state index in [9.17, 15) is 14.7 Å². The van der Waals surface area contributed by atoms with Crippen LogP contribution in [-0.2, 0) is 4.79 Å². The summed E-state index contributed by atoms with van der Waals surface area (Å²) in [7, 11) is 0. The number of carbonyl (C=O) groups excluding carboxylic acids is 1. The Morgan fingerprint density at radius 3 is 2.71 bits per heavy atom. The first kappa shape index (κ1) is 11.2. The maximum Gasteiger partial charge on any atom is 0.308 e. The van der Waals surface area contributed by atoms with Crippen molar-refractivity contribution in [1.29, 1.82) is 0 Å². The number of aromatic hydroxyl groups is 1. The van der Waals surface area contributed by atoms with Crippen LogP contribution < -0.4 is 10.2 Å². The minimum absolute atomic E-state index is 0.0755. The molecule has 2 rings (SSSR count). The Labute approximate surface area is 96.2 Å². The highest BCUT2D eigenvalue weighted by molar-refractivity contribution is 5.85. The fourth-order valence-corrected chi connectivity index (χ4v) is 1.59. The normalized spacial score (nSPS) is 10.5. The second-order valence-corrected chi connectivity index (χ2v) is 3.63. The van der Waals surface area contributed by atoms with Crippen LogP contribution in [-0.4, -0.2) is 11.1 Å². The van der Waals surface area contributed by atoms with Gasteiger partial charge in [0, 0.05) is 25.1 Å². The summed E-state index contributed by atoms with van der Waals surface area (Å²) in [6, 6.07) is 3.88. The van der Waals surface area contributed by atoms with Crippen molar-refractivity contribution in [3.05, 3.63) is 34.2 Å². The molecule has 88 valence electrons. The molecule has 1 aromatic heterocycles. The lowest BCUT2D eigenvalue weighted by molar-refractivity contribution is -0.131. The average Bonchev–Trinajstić information content (AvgIpc) is 2.13. The number of benzene rings is 1. The molecule has 0 aliphatic heterocycles. The number of hydrogen-bond donors (Lipinski definition) is 1. The number of rotatable bonds is 1. The molecule has 0 atom stereocenters. The zero-order valence-corrected chi connectivity index (χ0v) is 9.31. The van der Waals surface area contributed by atoms with Crippen LogP contribution in [0.25, 0.3) is 11.0 Å². The quantitative estimate of drug-likeness (QED) is 0.600. The van der Waals surface area contributed by atoms with E-state index in [4.69, 9.17) is 9.15 Å². The molecule has 5 heteroatoms. The summed E-state index contributed by atoms with van der Waals surface area (Å²) in [6.45, 7) is 2.87. The van der Waals surface area contributed by atoms with E-state index in [1.165, 1.54) is 25.1 Å². The summed E-state index contributed by atoms with van der Waals surface area (Å²) in [6.07, 6.45) is 0. The lowest BCUT2D eigenvalue weighted by Crippen LogP contribution is -2.04. The summed E-state index contributed by atoms with van der Waals surface area (Å²) < 4.78 is 10.1. The SMILES string of the molecule is CC(=O)Oc1cc(O)c2c(=O)cc(C)oc2c1. The molecular weight excluding hydrogens is 224 g/mol. The molecule has 0 fully saturated rings.